The molecule has 0 bridgehead atoms. The number of nitriles is 1. The molecular weight excluding hydrogens is 326 g/mol. The summed E-state index contributed by atoms with van der Waals surface area (Å²) in [6, 6.07) is 13.6. The van der Waals surface area contributed by atoms with Crippen LogP contribution in [0.4, 0.5) is 0 Å². The average molecular weight is 342 g/mol. The number of hydrogen-bond donors (Lipinski definition) is 0. The van der Waals surface area contributed by atoms with E-state index in [1.165, 1.54) is 6.08 Å². The van der Waals surface area contributed by atoms with E-state index in [-0.39, 0.29) is 11.4 Å². The topological polar surface area (TPSA) is 59.3 Å². The predicted molar refractivity (Wildman–Crippen MR) is 93.5 cm³/mol. The first kappa shape index (κ1) is 17.6. The van der Waals surface area contributed by atoms with Gasteiger partial charge in [-0.25, -0.2) is 0 Å². The fraction of sp³-hybridized carbons (Fsp3) is 0.158. The van der Waals surface area contributed by atoms with E-state index >= 15 is 0 Å². The van der Waals surface area contributed by atoms with Gasteiger partial charge in [0.25, 0.3) is 0 Å². The van der Waals surface area contributed by atoms with Gasteiger partial charge in [-0.2, -0.15) is 5.26 Å². The molecule has 0 unspecified atom stereocenters. The monoisotopic (exact) mass is 341 g/mol. The Morgan fingerprint density at radius 1 is 1.21 bits per heavy atom. The maximum Gasteiger partial charge on any atom is 0.203 e. The van der Waals surface area contributed by atoms with Crippen LogP contribution < -0.4 is 9.47 Å². The standard InChI is InChI=1S/C19H16ClNO3/c1-3-24-18-11-13(4-9-17(18)23-2)10-15(12-21)19(22)14-5-7-16(20)8-6-14/h4-11H,3H2,1-2H3/b15-10+. The third-order valence-corrected chi connectivity index (χ3v) is 3.52. The molecule has 0 fully saturated rings. The first-order valence-electron chi connectivity index (χ1n) is 7.32. The lowest BCUT2D eigenvalue weighted by molar-refractivity contribution is 0.104. The van der Waals surface area contributed by atoms with Crippen molar-refractivity contribution in [3.05, 3.63) is 64.2 Å². The van der Waals surface area contributed by atoms with Gasteiger partial charge in [-0.05, 0) is 55.0 Å². The Morgan fingerprint density at radius 2 is 1.92 bits per heavy atom. The molecule has 0 spiro atoms. The number of carbonyl (C=O) groups is 1. The zero-order chi connectivity index (χ0) is 17.5. The highest BCUT2D eigenvalue weighted by Gasteiger charge is 2.13. The first-order chi connectivity index (χ1) is 11.6. The Labute approximate surface area is 145 Å². The van der Waals surface area contributed by atoms with Crippen LogP contribution in [0.2, 0.25) is 5.02 Å². The van der Waals surface area contributed by atoms with Crippen molar-refractivity contribution in [3.63, 3.8) is 0 Å². The quantitative estimate of drug-likeness (QED) is 0.440. The van der Waals surface area contributed by atoms with Gasteiger partial charge in [-0.1, -0.05) is 17.7 Å². The predicted octanol–water partition coefficient (Wildman–Crippen LogP) is 4.54. The Kier molecular flexibility index (Phi) is 6.00. The fourth-order valence-corrected chi connectivity index (χ4v) is 2.25. The highest BCUT2D eigenvalue weighted by atomic mass is 35.5. The highest BCUT2D eigenvalue weighted by Crippen LogP contribution is 2.29. The summed E-state index contributed by atoms with van der Waals surface area (Å²) >= 11 is 5.82. The van der Waals surface area contributed by atoms with Gasteiger partial charge in [0.2, 0.25) is 5.78 Å². The van der Waals surface area contributed by atoms with Crippen LogP contribution in [0, 0.1) is 11.3 Å². The molecule has 0 heterocycles. The van der Waals surface area contributed by atoms with Crippen molar-refractivity contribution in [3.8, 4) is 17.6 Å². The second-order valence-corrected chi connectivity index (χ2v) is 5.29. The van der Waals surface area contributed by atoms with Crippen molar-refractivity contribution in [2.24, 2.45) is 0 Å². The lowest BCUT2D eigenvalue weighted by atomic mass is 10.0. The number of hydrogen-bond acceptors (Lipinski definition) is 4. The number of ether oxygens (including phenoxy) is 2. The summed E-state index contributed by atoms with van der Waals surface area (Å²) in [7, 11) is 1.55. The molecule has 0 saturated heterocycles. The summed E-state index contributed by atoms with van der Waals surface area (Å²) in [5.41, 5.74) is 1.12. The lowest BCUT2D eigenvalue weighted by Gasteiger charge is -2.09. The molecule has 4 nitrogen and oxygen atoms in total. The number of halogens is 1. The minimum absolute atomic E-state index is 0.0323. The molecular formula is C19H16ClNO3. The molecule has 0 aliphatic carbocycles. The molecule has 24 heavy (non-hydrogen) atoms. The zero-order valence-electron chi connectivity index (χ0n) is 13.4. The molecule has 0 aliphatic heterocycles. The van der Waals surface area contributed by atoms with Crippen molar-refractivity contribution in [1.82, 2.24) is 0 Å². The van der Waals surface area contributed by atoms with Crippen LogP contribution in [0.25, 0.3) is 6.08 Å². The first-order valence-corrected chi connectivity index (χ1v) is 7.69. The molecule has 0 amide bonds. The van der Waals surface area contributed by atoms with Crippen LogP contribution in [0.1, 0.15) is 22.8 Å². The summed E-state index contributed by atoms with van der Waals surface area (Å²) in [5.74, 6) is 0.796. The number of nitrogens with zero attached hydrogens (tertiary/aromatic N) is 1. The molecule has 0 N–H and O–H groups in total. The Bertz CT molecular complexity index is 804. The lowest BCUT2D eigenvalue weighted by Crippen LogP contribution is -2.02. The van der Waals surface area contributed by atoms with E-state index in [0.717, 1.165) is 0 Å². The second-order valence-electron chi connectivity index (χ2n) is 4.85. The van der Waals surface area contributed by atoms with Crippen LogP contribution in [-0.2, 0) is 0 Å². The van der Waals surface area contributed by atoms with Crippen molar-refractivity contribution in [1.29, 1.82) is 5.26 Å². The minimum Gasteiger partial charge on any atom is -0.493 e. The summed E-state index contributed by atoms with van der Waals surface area (Å²) in [6.07, 6.45) is 1.53. The van der Waals surface area contributed by atoms with Gasteiger partial charge in [0.15, 0.2) is 11.5 Å². The third kappa shape index (κ3) is 4.15. The van der Waals surface area contributed by atoms with E-state index in [2.05, 4.69) is 0 Å². The largest absolute Gasteiger partial charge is 0.493 e. The molecule has 0 radical (unpaired) electrons. The Hall–Kier alpha value is -2.77. The number of ketones is 1. The van der Waals surface area contributed by atoms with Crippen LogP contribution >= 0.6 is 11.6 Å². The van der Waals surface area contributed by atoms with Crippen molar-refractivity contribution >= 4 is 23.5 Å². The van der Waals surface area contributed by atoms with Crippen LogP contribution in [0.3, 0.4) is 0 Å². The van der Waals surface area contributed by atoms with E-state index in [1.54, 1.807) is 49.6 Å². The maximum atomic E-state index is 12.4. The maximum absolute atomic E-state index is 12.4. The molecule has 0 atom stereocenters. The second kappa shape index (κ2) is 8.19. The van der Waals surface area contributed by atoms with Gasteiger partial charge in [-0.3, -0.25) is 4.79 Å². The van der Waals surface area contributed by atoms with Crippen molar-refractivity contribution in [2.75, 3.05) is 13.7 Å². The van der Waals surface area contributed by atoms with Gasteiger partial charge in [0.1, 0.15) is 11.6 Å². The van der Waals surface area contributed by atoms with Crippen LogP contribution in [-0.4, -0.2) is 19.5 Å². The minimum atomic E-state index is -0.358. The number of benzene rings is 2. The summed E-state index contributed by atoms with van der Waals surface area (Å²) in [6.45, 7) is 2.35. The van der Waals surface area contributed by atoms with Crippen LogP contribution in [0.5, 0.6) is 11.5 Å². The molecule has 0 aromatic heterocycles. The molecule has 0 aliphatic rings. The van der Waals surface area contributed by atoms with Gasteiger partial charge in [0.05, 0.1) is 13.7 Å². The SMILES string of the molecule is CCOc1cc(/C=C(\C#N)C(=O)c2ccc(Cl)cc2)ccc1OC. The zero-order valence-corrected chi connectivity index (χ0v) is 14.1. The van der Waals surface area contributed by atoms with E-state index in [4.69, 9.17) is 21.1 Å². The highest BCUT2D eigenvalue weighted by molar-refractivity contribution is 6.30. The smallest absolute Gasteiger partial charge is 0.203 e. The molecule has 0 saturated carbocycles. The number of carbonyl (C=O) groups excluding carboxylic acids is 1. The van der Waals surface area contributed by atoms with Gasteiger partial charge in [-0.15, -0.1) is 0 Å². The molecule has 5 heteroatoms. The number of methoxy groups -OCH3 is 1. The summed E-state index contributed by atoms with van der Waals surface area (Å²) in [4.78, 5) is 12.4. The molecule has 2 aromatic carbocycles. The van der Waals surface area contributed by atoms with Gasteiger partial charge in [0, 0.05) is 10.6 Å². The molecule has 2 aromatic rings. The Balaban J connectivity index is 2.36. The molecule has 122 valence electrons. The number of rotatable bonds is 6. The average Bonchev–Trinajstić information content (AvgIpc) is 2.60. The summed E-state index contributed by atoms with van der Waals surface area (Å²) in [5, 5.41) is 9.86. The fourth-order valence-electron chi connectivity index (χ4n) is 2.12. The Morgan fingerprint density at radius 3 is 2.50 bits per heavy atom. The van der Waals surface area contributed by atoms with Gasteiger partial charge >= 0.3 is 0 Å². The van der Waals surface area contributed by atoms with E-state index < -0.39 is 0 Å². The third-order valence-electron chi connectivity index (χ3n) is 3.27. The van der Waals surface area contributed by atoms with Crippen LogP contribution in [0.15, 0.2) is 48.0 Å². The van der Waals surface area contributed by atoms with E-state index in [0.29, 0.717) is 34.3 Å². The van der Waals surface area contributed by atoms with Gasteiger partial charge < -0.3 is 9.47 Å². The normalized spacial score (nSPS) is 10.8. The number of allylic oxidation sites excluding steroid dienone is 1. The van der Waals surface area contributed by atoms with E-state index in [1.807, 2.05) is 13.0 Å². The molecule has 2 rings (SSSR count). The van der Waals surface area contributed by atoms with Crippen molar-refractivity contribution < 1.29 is 14.3 Å². The van der Waals surface area contributed by atoms with E-state index in [9.17, 15) is 10.1 Å². The summed E-state index contributed by atoms with van der Waals surface area (Å²) < 4.78 is 10.7. The number of Topliss-reactive ketones (excluding diaryl/α,β-unsaturated/α-hetero) is 1. The van der Waals surface area contributed by atoms with Crippen molar-refractivity contribution in [2.45, 2.75) is 6.92 Å².